The average molecular weight is 477 g/mol. The minimum absolute atomic E-state index is 0.0983. The number of rotatable bonds is 6. The van der Waals surface area contributed by atoms with Crippen molar-refractivity contribution in [3.8, 4) is 5.75 Å². The van der Waals surface area contributed by atoms with Crippen molar-refractivity contribution < 1.29 is 19.7 Å². The minimum Gasteiger partial charge on any atom is -0.458 e. The molecule has 1 amide bonds. The third-order valence-corrected chi connectivity index (χ3v) is 6.54. The first-order chi connectivity index (χ1) is 15.4. The summed E-state index contributed by atoms with van der Waals surface area (Å²) >= 11 is 12.1. The van der Waals surface area contributed by atoms with Gasteiger partial charge >= 0.3 is 0 Å². The highest BCUT2D eigenvalue weighted by atomic mass is 35.5. The second-order valence-electron chi connectivity index (χ2n) is 8.40. The Hall–Kier alpha value is -2.09. The van der Waals surface area contributed by atoms with Crippen molar-refractivity contribution in [2.24, 2.45) is 5.41 Å². The molecule has 2 aromatic rings. The fourth-order valence-corrected chi connectivity index (χ4v) is 4.95. The summed E-state index contributed by atoms with van der Waals surface area (Å²) in [6, 6.07) is 14.0. The zero-order valence-corrected chi connectivity index (χ0v) is 19.0. The van der Waals surface area contributed by atoms with Gasteiger partial charge in [0.05, 0.1) is 5.41 Å². The number of carbonyl (C=O) groups excluding carboxylic acids is 1. The molecular formula is C24H26Cl2N2O4. The van der Waals surface area contributed by atoms with Crippen molar-refractivity contribution in [1.82, 2.24) is 4.90 Å². The average Bonchev–Trinajstić information content (AvgIpc) is 3.01. The molecule has 2 aliphatic rings. The Balaban J connectivity index is 1.50. The number of hydrogen-bond donors (Lipinski definition) is 3. The number of para-hydroxylation sites is 1. The lowest BCUT2D eigenvalue weighted by atomic mass is 9.72. The molecule has 1 saturated carbocycles. The molecule has 1 heterocycles. The lowest BCUT2D eigenvalue weighted by Gasteiger charge is -2.40. The van der Waals surface area contributed by atoms with E-state index < -0.39 is 17.9 Å². The number of halogens is 2. The number of hydrogen-bond acceptors (Lipinski definition) is 5. The monoisotopic (exact) mass is 476 g/mol. The summed E-state index contributed by atoms with van der Waals surface area (Å²) in [5.41, 5.74) is 0.00330. The van der Waals surface area contributed by atoms with Crippen LogP contribution in [0.3, 0.4) is 0 Å². The standard InChI is InChI=1S/C24H26Cl2N2O4/c25-16-11-17(26)13-19(12-16)32-20-14-21(29)28(22(20)30)15-24(9-5-2-6-10-24)23(31)27-18-7-3-1-4-8-18/h1,3-4,7-8,11-14,21-22,29-30H,2,5-6,9-10,15H2,(H,27,31). The van der Waals surface area contributed by atoms with Gasteiger partial charge in [0.1, 0.15) is 17.7 Å². The van der Waals surface area contributed by atoms with Crippen LogP contribution in [0.4, 0.5) is 5.69 Å². The van der Waals surface area contributed by atoms with Gasteiger partial charge < -0.3 is 20.3 Å². The molecule has 1 fully saturated rings. The first kappa shape index (κ1) is 23.1. The zero-order chi connectivity index (χ0) is 22.7. The third-order valence-electron chi connectivity index (χ3n) is 6.10. The lowest BCUT2D eigenvalue weighted by Crippen LogP contribution is -2.51. The largest absolute Gasteiger partial charge is 0.458 e. The van der Waals surface area contributed by atoms with Crippen LogP contribution < -0.4 is 10.1 Å². The van der Waals surface area contributed by atoms with Crippen LogP contribution in [0, 0.1) is 5.41 Å². The van der Waals surface area contributed by atoms with Gasteiger partial charge in [0.25, 0.3) is 0 Å². The highest BCUT2D eigenvalue weighted by Gasteiger charge is 2.45. The maximum atomic E-state index is 13.4. The van der Waals surface area contributed by atoms with Crippen molar-refractivity contribution in [2.75, 3.05) is 11.9 Å². The molecule has 2 aromatic carbocycles. The van der Waals surface area contributed by atoms with E-state index in [4.69, 9.17) is 27.9 Å². The van der Waals surface area contributed by atoms with Crippen molar-refractivity contribution in [3.63, 3.8) is 0 Å². The van der Waals surface area contributed by atoms with Crippen molar-refractivity contribution in [2.45, 2.75) is 44.6 Å². The molecule has 0 spiro atoms. The van der Waals surface area contributed by atoms with E-state index in [2.05, 4.69) is 5.32 Å². The van der Waals surface area contributed by atoms with Gasteiger partial charge in [-0.15, -0.1) is 0 Å². The van der Waals surface area contributed by atoms with E-state index in [1.54, 1.807) is 18.2 Å². The maximum absolute atomic E-state index is 13.4. The molecule has 1 aliphatic carbocycles. The van der Waals surface area contributed by atoms with Gasteiger partial charge in [0, 0.05) is 28.4 Å². The van der Waals surface area contributed by atoms with Crippen LogP contribution in [0.5, 0.6) is 5.75 Å². The first-order valence-electron chi connectivity index (χ1n) is 10.7. The summed E-state index contributed by atoms with van der Waals surface area (Å²) in [5, 5.41) is 25.4. The summed E-state index contributed by atoms with van der Waals surface area (Å²) in [6.45, 7) is 0.202. The van der Waals surface area contributed by atoms with Gasteiger partial charge in [0.2, 0.25) is 5.91 Å². The second kappa shape index (κ2) is 9.81. The summed E-state index contributed by atoms with van der Waals surface area (Å²) in [5.74, 6) is 0.431. The lowest BCUT2D eigenvalue weighted by molar-refractivity contribution is -0.134. The molecule has 32 heavy (non-hydrogen) atoms. The molecule has 6 nitrogen and oxygen atoms in total. The quantitative estimate of drug-likeness (QED) is 0.557. The Morgan fingerprint density at radius 1 is 1.06 bits per heavy atom. The van der Waals surface area contributed by atoms with E-state index in [0.29, 0.717) is 28.6 Å². The molecule has 1 aliphatic heterocycles. The van der Waals surface area contributed by atoms with Gasteiger partial charge in [-0.2, -0.15) is 0 Å². The van der Waals surface area contributed by atoms with Crippen LogP contribution in [-0.2, 0) is 4.79 Å². The van der Waals surface area contributed by atoms with Crippen molar-refractivity contribution in [3.05, 3.63) is 70.4 Å². The Kier molecular flexibility index (Phi) is 7.08. The fraction of sp³-hybridized carbons (Fsp3) is 0.375. The van der Waals surface area contributed by atoms with Crippen LogP contribution >= 0.6 is 23.2 Å². The molecule has 0 saturated heterocycles. The number of anilines is 1. The van der Waals surface area contributed by atoms with E-state index in [1.807, 2.05) is 30.3 Å². The summed E-state index contributed by atoms with van der Waals surface area (Å²) in [6.07, 6.45) is 3.41. The zero-order valence-electron chi connectivity index (χ0n) is 17.5. The van der Waals surface area contributed by atoms with Gasteiger partial charge in [0.15, 0.2) is 6.23 Å². The van der Waals surface area contributed by atoms with Crippen LogP contribution in [0.15, 0.2) is 60.4 Å². The highest BCUT2D eigenvalue weighted by Crippen LogP contribution is 2.40. The minimum atomic E-state index is -1.20. The molecule has 0 bridgehead atoms. The van der Waals surface area contributed by atoms with Gasteiger partial charge in [-0.3, -0.25) is 4.79 Å². The van der Waals surface area contributed by atoms with Crippen LogP contribution in [0.25, 0.3) is 0 Å². The van der Waals surface area contributed by atoms with E-state index in [-0.39, 0.29) is 18.2 Å². The van der Waals surface area contributed by atoms with Crippen molar-refractivity contribution in [1.29, 1.82) is 0 Å². The molecule has 3 N–H and O–H groups in total. The van der Waals surface area contributed by atoms with Gasteiger partial charge in [-0.25, -0.2) is 4.90 Å². The fourth-order valence-electron chi connectivity index (χ4n) is 4.45. The first-order valence-corrected chi connectivity index (χ1v) is 11.5. The summed E-state index contributed by atoms with van der Waals surface area (Å²) in [4.78, 5) is 14.8. The predicted molar refractivity (Wildman–Crippen MR) is 124 cm³/mol. The Bertz CT molecular complexity index is 972. The van der Waals surface area contributed by atoms with E-state index in [0.717, 1.165) is 24.9 Å². The van der Waals surface area contributed by atoms with E-state index in [1.165, 1.54) is 11.0 Å². The number of ether oxygens (including phenoxy) is 1. The van der Waals surface area contributed by atoms with Crippen LogP contribution in [0.1, 0.15) is 32.1 Å². The van der Waals surface area contributed by atoms with Gasteiger partial charge in [-0.1, -0.05) is 60.7 Å². The number of aliphatic hydroxyl groups is 2. The van der Waals surface area contributed by atoms with E-state index in [9.17, 15) is 15.0 Å². The summed E-state index contributed by atoms with van der Waals surface area (Å²) in [7, 11) is 0. The molecule has 2 atom stereocenters. The SMILES string of the molecule is O=C(Nc1ccccc1)C1(CN2C(O)C=C(Oc3cc(Cl)cc(Cl)c3)C2O)CCCCC1. The predicted octanol–water partition coefficient (Wildman–Crippen LogP) is 4.80. The topological polar surface area (TPSA) is 82.0 Å². The summed E-state index contributed by atoms with van der Waals surface area (Å²) < 4.78 is 5.77. The Morgan fingerprint density at radius 2 is 1.72 bits per heavy atom. The van der Waals surface area contributed by atoms with Crippen LogP contribution in [0.2, 0.25) is 10.0 Å². The molecule has 0 radical (unpaired) electrons. The number of benzene rings is 2. The van der Waals surface area contributed by atoms with Crippen molar-refractivity contribution >= 4 is 34.8 Å². The number of nitrogens with zero attached hydrogens (tertiary/aromatic N) is 1. The highest BCUT2D eigenvalue weighted by molar-refractivity contribution is 6.34. The van der Waals surface area contributed by atoms with Crippen LogP contribution in [-0.4, -0.2) is 40.0 Å². The molecule has 170 valence electrons. The smallest absolute Gasteiger partial charge is 0.231 e. The number of amides is 1. The Labute approximate surface area is 197 Å². The second-order valence-corrected chi connectivity index (χ2v) is 9.27. The molecule has 4 rings (SSSR count). The van der Waals surface area contributed by atoms with E-state index >= 15 is 0 Å². The number of carbonyl (C=O) groups is 1. The molecule has 2 unspecified atom stereocenters. The molecule has 0 aromatic heterocycles. The Morgan fingerprint density at radius 3 is 2.38 bits per heavy atom. The number of aliphatic hydroxyl groups excluding tert-OH is 2. The molecule has 8 heteroatoms. The normalized spacial score (nSPS) is 22.9. The molecular weight excluding hydrogens is 451 g/mol. The maximum Gasteiger partial charge on any atom is 0.231 e. The number of nitrogens with one attached hydrogen (secondary N) is 1. The van der Waals surface area contributed by atoms with Gasteiger partial charge in [-0.05, 0) is 43.2 Å². The third kappa shape index (κ3) is 5.11.